The van der Waals surface area contributed by atoms with Crippen molar-refractivity contribution in [1.82, 2.24) is 5.06 Å². The Balaban J connectivity index is 3.80. The summed E-state index contributed by atoms with van der Waals surface area (Å²) in [5.74, 6) is -1.05. The van der Waals surface area contributed by atoms with Gasteiger partial charge in [0.15, 0.2) is 0 Å². The van der Waals surface area contributed by atoms with Crippen LogP contribution in [-0.4, -0.2) is 33.9 Å². The van der Waals surface area contributed by atoms with Gasteiger partial charge < -0.3 is 10.3 Å². The second-order valence-corrected chi connectivity index (χ2v) is 1.92. The summed E-state index contributed by atoms with van der Waals surface area (Å²) < 4.78 is 0. The predicted octanol–water partition coefficient (Wildman–Crippen LogP) is 0.337. The SMILES string of the molecule is C=CCN(O)C(C)C(=O)O. The zero-order chi connectivity index (χ0) is 8.15. The number of hydroxylamine groups is 2. The number of hydrogen-bond donors (Lipinski definition) is 2. The summed E-state index contributed by atoms with van der Waals surface area (Å²) in [4.78, 5) is 10.2. The summed E-state index contributed by atoms with van der Waals surface area (Å²) in [5, 5.41) is 17.9. The molecular weight excluding hydrogens is 134 g/mol. The van der Waals surface area contributed by atoms with Gasteiger partial charge in [-0.1, -0.05) is 6.08 Å². The number of rotatable bonds is 4. The van der Waals surface area contributed by atoms with Crippen LogP contribution < -0.4 is 0 Å². The average Bonchev–Trinajstić information content (AvgIpc) is 1.87. The molecule has 10 heavy (non-hydrogen) atoms. The Kier molecular flexibility index (Phi) is 3.68. The second kappa shape index (κ2) is 4.03. The minimum Gasteiger partial charge on any atom is -0.480 e. The molecular formula is C6H11NO3. The Hall–Kier alpha value is -0.870. The van der Waals surface area contributed by atoms with E-state index < -0.39 is 12.0 Å². The number of nitrogens with zero attached hydrogens (tertiary/aromatic N) is 1. The number of carboxylic acids is 1. The molecule has 0 aromatic carbocycles. The first-order chi connectivity index (χ1) is 4.59. The van der Waals surface area contributed by atoms with E-state index in [1.807, 2.05) is 0 Å². The van der Waals surface area contributed by atoms with Crippen LogP contribution in [0.4, 0.5) is 0 Å². The molecule has 0 amide bonds. The van der Waals surface area contributed by atoms with E-state index in [0.29, 0.717) is 5.06 Å². The van der Waals surface area contributed by atoms with Crippen molar-refractivity contribution in [3.05, 3.63) is 12.7 Å². The molecule has 0 heterocycles. The van der Waals surface area contributed by atoms with Crippen LogP contribution in [0, 0.1) is 0 Å². The highest BCUT2D eigenvalue weighted by atomic mass is 16.5. The Labute approximate surface area is 59.3 Å². The molecule has 0 aliphatic rings. The maximum absolute atomic E-state index is 10.2. The van der Waals surface area contributed by atoms with Crippen molar-refractivity contribution in [2.75, 3.05) is 6.54 Å². The first kappa shape index (κ1) is 9.13. The first-order valence-electron chi connectivity index (χ1n) is 2.88. The lowest BCUT2D eigenvalue weighted by molar-refractivity contribution is -0.164. The van der Waals surface area contributed by atoms with Gasteiger partial charge in [0.1, 0.15) is 6.04 Å². The summed E-state index contributed by atoms with van der Waals surface area (Å²) in [6, 6.07) is -0.877. The molecule has 0 aliphatic carbocycles. The van der Waals surface area contributed by atoms with Crippen molar-refractivity contribution < 1.29 is 15.1 Å². The van der Waals surface area contributed by atoms with E-state index in [-0.39, 0.29) is 6.54 Å². The van der Waals surface area contributed by atoms with Crippen molar-refractivity contribution in [2.24, 2.45) is 0 Å². The highest BCUT2D eigenvalue weighted by molar-refractivity contribution is 5.72. The second-order valence-electron chi connectivity index (χ2n) is 1.92. The van der Waals surface area contributed by atoms with E-state index in [1.54, 1.807) is 0 Å². The van der Waals surface area contributed by atoms with Crippen molar-refractivity contribution in [3.8, 4) is 0 Å². The molecule has 0 aliphatic heterocycles. The van der Waals surface area contributed by atoms with Crippen molar-refractivity contribution in [2.45, 2.75) is 13.0 Å². The Morgan fingerprint density at radius 2 is 2.40 bits per heavy atom. The third-order valence-electron chi connectivity index (χ3n) is 1.12. The van der Waals surface area contributed by atoms with Gasteiger partial charge in [-0.3, -0.25) is 4.79 Å². The predicted molar refractivity (Wildman–Crippen MR) is 35.8 cm³/mol. The smallest absolute Gasteiger partial charge is 0.323 e. The van der Waals surface area contributed by atoms with Crippen molar-refractivity contribution in [3.63, 3.8) is 0 Å². The molecule has 0 saturated heterocycles. The number of carboxylic acid groups (broad SMARTS) is 1. The zero-order valence-electron chi connectivity index (χ0n) is 5.82. The van der Waals surface area contributed by atoms with E-state index in [9.17, 15) is 4.79 Å². The third kappa shape index (κ3) is 2.61. The van der Waals surface area contributed by atoms with Gasteiger partial charge in [-0.15, -0.1) is 6.58 Å². The summed E-state index contributed by atoms with van der Waals surface area (Å²) in [6.45, 7) is 4.90. The van der Waals surface area contributed by atoms with E-state index in [4.69, 9.17) is 10.3 Å². The summed E-state index contributed by atoms with van der Waals surface area (Å²) in [7, 11) is 0. The summed E-state index contributed by atoms with van der Waals surface area (Å²) in [6.07, 6.45) is 1.43. The van der Waals surface area contributed by atoms with Gasteiger partial charge in [-0.05, 0) is 6.92 Å². The van der Waals surface area contributed by atoms with Crippen LogP contribution >= 0.6 is 0 Å². The molecule has 0 saturated carbocycles. The van der Waals surface area contributed by atoms with Gasteiger partial charge in [-0.2, -0.15) is 5.06 Å². The van der Waals surface area contributed by atoms with Crippen molar-refractivity contribution >= 4 is 5.97 Å². The lowest BCUT2D eigenvalue weighted by Crippen LogP contribution is -2.36. The van der Waals surface area contributed by atoms with Crippen LogP contribution in [0.1, 0.15) is 6.92 Å². The third-order valence-corrected chi connectivity index (χ3v) is 1.12. The molecule has 0 radical (unpaired) electrons. The molecule has 4 nitrogen and oxygen atoms in total. The monoisotopic (exact) mass is 145 g/mol. The lowest BCUT2D eigenvalue weighted by atomic mass is 10.3. The van der Waals surface area contributed by atoms with Gasteiger partial charge in [0.25, 0.3) is 0 Å². The highest BCUT2D eigenvalue weighted by Crippen LogP contribution is 1.93. The van der Waals surface area contributed by atoms with Crippen LogP contribution in [0.2, 0.25) is 0 Å². The zero-order valence-corrected chi connectivity index (χ0v) is 5.82. The molecule has 2 N–H and O–H groups in total. The number of aliphatic carboxylic acids is 1. The Morgan fingerprint density at radius 1 is 1.90 bits per heavy atom. The van der Waals surface area contributed by atoms with E-state index in [0.717, 1.165) is 0 Å². The highest BCUT2D eigenvalue weighted by Gasteiger charge is 2.16. The van der Waals surface area contributed by atoms with Crippen LogP contribution in [0.25, 0.3) is 0 Å². The molecule has 58 valence electrons. The molecule has 0 rings (SSSR count). The van der Waals surface area contributed by atoms with Gasteiger partial charge >= 0.3 is 5.97 Å². The van der Waals surface area contributed by atoms with Crippen LogP contribution in [-0.2, 0) is 4.79 Å². The molecule has 0 aromatic heterocycles. The van der Waals surface area contributed by atoms with Gasteiger partial charge in [0.2, 0.25) is 0 Å². The number of carbonyl (C=O) groups is 1. The van der Waals surface area contributed by atoms with Crippen molar-refractivity contribution in [1.29, 1.82) is 0 Å². The lowest BCUT2D eigenvalue weighted by Gasteiger charge is -2.16. The average molecular weight is 145 g/mol. The molecule has 0 bridgehead atoms. The maximum Gasteiger partial charge on any atom is 0.323 e. The summed E-state index contributed by atoms with van der Waals surface area (Å²) in [5.41, 5.74) is 0. The molecule has 1 atom stereocenters. The minimum atomic E-state index is -1.05. The Morgan fingerprint density at radius 3 is 2.70 bits per heavy atom. The van der Waals surface area contributed by atoms with E-state index in [2.05, 4.69) is 6.58 Å². The van der Waals surface area contributed by atoms with E-state index >= 15 is 0 Å². The summed E-state index contributed by atoms with van der Waals surface area (Å²) >= 11 is 0. The first-order valence-corrected chi connectivity index (χ1v) is 2.88. The standard InChI is InChI=1S/C6H11NO3/c1-3-4-7(10)5(2)6(8)9/h3,5,10H,1,4H2,2H3,(H,8,9). The van der Waals surface area contributed by atoms with Crippen LogP contribution in [0.15, 0.2) is 12.7 Å². The largest absolute Gasteiger partial charge is 0.480 e. The quantitative estimate of drug-likeness (QED) is 0.442. The van der Waals surface area contributed by atoms with Gasteiger partial charge in [0.05, 0.1) is 0 Å². The molecule has 4 heteroatoms. The maximum atomic E-state index is 10.2. The van der Waals surface area contributed by atoms with Gasteiger partial charge in [-0.25, -0.2) is 0 Å². The molecule has 0 spiro atoms. The minimum absolute atomic E-state index is 0.160. The molecule has 1 unspecified atom stereocenters. The van der Waals surface area contributed by atoms with E-state index in [1.165, 1.54) is 13.0 Å². The van der Waals surface area contributed by atoms with Crippen LogP contribution in [0.5, 0.6) is 0 Å². The Bertz CT molecular complexity index is 135. The fraction of sp³-hybridized carbons (Fsp3) is 0.500. The molecule has 0 fully saturated rings. The fourth-order valence-corrected chi connectivity index (χ4v) is 0.418. The molecule has 0 aromatic rings. The number of hydrogen-bond acceptors (Lipinski definition) is 3. The van der Waals surface area contributed by atoms with Crippen LogP contribution in [0.3, 0.4) is 0 Å². The fourth-order valence-electron chi connectivity index (χ4n) is 0.418. The van der Waals surface area contributed by atoms with Gasteiger partial charge in [0, 0.05) is 6.54 Å². The normalized spacial score (nSPS) is 13.1. The topological polar surface area (TPSA) is 60.8 Å².